The normalized spacial score (nSPS) is 31.3. The highest BCUT2D eigenvalue weighted by atomic mass is 16.7. The number of hydrogen-bond donors (Lipinski definition) is 0. The van der Waals surface area contributed by atoms with Crippen LogP contribution in [0.25, 0.3) is 6.08 Å². The summed E-state index contributed by atoms with van der Waals surface area (Å²) in [7, 11) is 0. The molecule has 3 nitrogen and oxygen atoms in total. The third kappa shape index (κ3) is 1.49. The van der Waals surface area contributed by atoms with Gasteiger partial charge >= 0.3 is 0 Å². The van der Waals surface area contributed by atoms with Crippen LogP contribution in [-0.4, -0.2) is 12.6 Å². The minimum absolute atomic E-state index is 0.115. The number of rotatable bonds is 1. The van der Waals surface area contributed by atoms with Crippen LogP contribution in [0.4, 0.5) is 0 Å². The van der Waals surface area contributed by atoms with Crippen molar-refractivity contribution in [1.82, 2.24) is 0 Å². The highest BCUT2D eigenvalue weighted by Gasteiger charge is 2.55. The number of carbonyl (C=O) groups excluding carboxylic acids is 1. The molecular weight excluding hydrogens is 252 g/mol. The second-order valence-electron chi connectivity index (χ2n) is 6.57. The maximum absolute atomic E-state index is 12.5. The Balaban J connectivity index is 1.77. The Labute approximate surface area is 118 Å². The van der Waals surface area contributed by atoms with Gasteiger partial charge in [-0.2, -0.15) is 0 Å². The lowest BCUT2D eigenvalue weighted by Crippen LogP contribution is -2.19. The maximum Gasteiger partial charge on any atom is 0.230 e. The highest BCUT2D eigenvalue weighted by Crippen LogP contribution is 2.58. The first-order chi connectivity index (χ1) is 9.57. The van der Waals surface area contributed by atoms with Crippen LogP contribution < -0.4 is 9.47 Å². The SMILES string of the molecule is CC1(C)C2CCC1/C(=C\c1ccc3cc1OCO3)C2=O. The van der Waals surface area contributed by atoms with E-state index in [0.717, 1.165) is 35.5 Å². The summed E-state index contributed by atoms with van der Waals surface area (Å²) in [4.78, 5) is 12.5. The lowest BCUT2D eigenvalue weighted by molar-refractivity contribution is -0.119. The van der Waals surface area contributed by atoms with Crippen LogP contribution in [0.15, 0.2) is 23.8 Å². The Bertz CT molecular complexity index is 627. The summed E-state index contributed by atoms with van der Waals surface area (Å²) in [5, 5.41) is 0. The van der Waals surface area contributed by atoms with Crippen molar-refractivity contribution in [3.8, 4) is 11.5 Å². The van der Waals surface area contributed by atoms with Crippen molar-refractivity contribution in [2.45, 2.75) is 26.7 Å². The zero-order chi connectivity index (χ0) is 13.9. The number of benzene rings is 1. The molecule has 2 aliphatic carbocycles. The van der Waals surface area contributed by atoms with E-state index in [2.05, 4.69) is 13.8 Å². The van der Waals surface area contributed by atoms with Crippen LogP contribution >= 0.6 is 0 Å². The Morgan fingerprint density at radius 3 is 2.75 bits per heavy atom. The van der Waals surface area contributed by atoms with E-state index in [1.807, 2.05) is 24.3 Å². The van der Waals surface area contributed by atoms with E-state index in [9.17, 15) is 4.79 Å². The van der Waals surface area contributed by atoms with Crippen LogP contribution in [-0.2, 0) is 4.79 Å². The highest BCUT2D eigenvalue weighted by molar-refractivity contribution is 6.05. The molecule has 2 saturated carbocycles. The molecule has 0 amide bonds. The third-order valence-corrected chi connectivity index (χ3v) is 5.25. The molecule has 4 rings (SSSR count). The van der Waals surface area contributed by atoms with Crippen molar-refractivity contribution >= 4 is 11.9 Å². The second kappa shape index (κ2) is 3.87. The summed E-state index contributed by atoms with van der Waals surface area (Å²) in [5.41, 5.74) is 2.10. The average Bonchev–Trinajstić information content (AvgIpc) is 2.81. The Hall–Kier alpha value is -1.77. The zero-order valence-corrected chi connectivity index (χ0v) is 11.8. The second-order valence-corrected chi connectivity index (χ2v) is 6.57. The minimum Gasteiger partial charge on any atom is -0.457 e. The molecule has 2 unspecified atom stereocenters. The van der Waals surface area contributed by atoms with Gasteiger partial charge < -0.3 is 9.47 Å². The predicted molar refractivity (Wildman–Crippen MR) is 75.5 cm³/mol. The van der Waals surface area contributed by atoms with Crippen molar-refractivity contribution in [2.24, 2.45) is 17.3 Å². The zero-order valence-electron chi connectivity index (χ0n) is 11.8. The smallest absolute Gasteiger partial charge is 0.230 e. The van der Waals surface area contributed by atoms with E-state index in [1.54, 1.807) is 0 Å². The molecule has 4 bridgehead atoms. The van der Waals surface area contributed by atoms with E-state index in [-0.39, 0.29) is 18.1 Å². The fraction of sp³-hybridized carbons (Fsp3) is 0.471. The fourth-order valence-corrected chi connectivity index (χ4v) is 4.07. The third-order valence-electron chi connectivity index (χ3n) is 5.25. The summed E-state index contributed by atoms with van der Waals surface area (Å²) in [6.07, 6.45) is 4.22. The molecule has 0 radical (unpaired) electrons. The van der Waals surface area contributed by atoms with Gasteiger partial charge in [0.2, 0.25) is 6.79 Å². The minimum atomic E-state index is 0.115. The molecule has 3 heteroatoms. The number of ether oxygens (including phenoxy) is 2. The van der Waals surface area contributed by atoms with Crippen molar-refractivity contribution in [3.05, 3.63) is 29.3 Å². The number of ketones is 1. The largest absolute Gasteiger partial charge is 0.457 e. The van der Waals surface area contributed by atoms with Gasteiger partial charge in [-0.25, -0.2) is 0 Å². The summed E-state index contributed by atoms with van der Waals surface area (Å²) in [5.74, 6) is 2.59. The van der Waals surface area contributed by atoms with Gasteiger partial charge in [-0.05, 0) is 48.0 Å². The van der Waals surface area contributed by atoms with E-state index in [0.29, 0.717) is 11.7 Å². The van der Waals surface area contributed by atoms with E-state index >= 15 is 0 Å². The quantitative estimate of drug-likeness (QED) is 0.733. The lowest BCUT2D eigenvalue weighted by Gasteiger charge is -2.22. The van der Waals surface area contributed by atoms with Crippen LogP contribution in [0.1, 0.15) is 32.3 Å². The van der Waals surface area contributed by atoms with Gasteiger partial charge in [0.25, 0.3) is 0 Å². The standard InChI is InChI=1S/C17H18O3/c1-17(2)13-5-6-14(17)16(18)12(13)7-10-3-4-11-8-15(10)20-9-19-11/h3-4,7-8,13-14H,5-6,9H2,1-2H3/b12-7+. The van der Waals surface area contributed by atoms with Crippen LogP contribution in [0.2, 0.25) is 0 Å². The molecule has 0 aromatic heterocycles. The summed E-state index contributed by atoms with van der Waals surface area (Å²) >= 11 is 0. The lowest BCUT2D eigenvalue weighted by atomic mass is 9.81. The molecule has 1 aromatic rings. The molecule has 0 spiro atoms. The molecule has 0 N–H and O–H groups in total. The maximum atomic E-state index is 12.5. The Morgan fingerprint density at radius 2 is 2.00 bits per heavy atom. The Morgan fingerprint density at radius 1 is 1.20 bits per heavy atom. The number of allylic oxidation sites excluding steroid dienone is 1. The van der Waals surface area contributed by atoms with E-state index in [4.69, 9.17) is 9.47 Å². The molecule has 3 aliphatic rings. The van der Waals surface area contributed by atoms with Crippen molar-refractivity contribution < 1.29 is 14.3 Å². The monoisotopic (exact) mass is 270 g/mol. The molecule has 104 valence electrons. The Kier molecular flexibility index (Phi) is 2.33. The van der Waals surface area contributed by atoms with Gasteiger partial charge in [-0.3, -0.25) is 4.79 Å². The topological polar surface area (TPSA) is 35.5 Å². The van der Waals surface area contributed by atoms with Crippen LogP contribution in [0.3, 0.4) is 0 Å². The number of Topliss-reactive ketones (excluding diaryl/α,β-unsaturated/α-hetero) is 1. The molecule has 1 aliphatic heterocycles. The molecule has 1 heterocycles. The summed E-state index contributed by atoms with van der Waals surface area (Å²) < 4.78 is 10.8. The predicted octanol–water partition coefficient (Wildman–Crippen LogP) is 3.43. The number of fused-ring (bicyclic) bond motifs is 4. The number of carbonyl (C=O) groups is 1. The first-order valence-electron chi connectivity index (χ1n) is 7.23. The van der Waals surface area contributed by atoms with Gasteiger partial charge in [0.15, 0.2) is 5.78 Å². The molecule has 2 atom stereocenters. The summed E-state index contributed by atoms with van der Waals surface area (Å²) in [6.45, 7) is 4.71. The van der Waals surface area contributed by atoms with Gasteiger partial charge in [0.05, 0.1) is 0 Å². The molecule has 0 saturated heterocycles. The molecule has 2 fully saturated rings. The van der Waals surface area contributed by atoms with Gasteiger partial charge in [-0.1, -0.05) is 13.8 Å². The average molecular weight is 270 g/mol. The van der Waals surface area contributed by atoms with E-state index in [1.165, 1.54) is 0 Å². The first-order valence-corrected chi connectivity index (χ1v) is 7.23. The van der Waals surface area contributed by atoms with Crippen LogP contribution in [0, 0.1) is 17.3 Å². The number of hydrogen-bond acceptors (Lipinski definition) is 3. The van der Waals surface area contributed by atoms with Crippen molar-refractivity contribution in [1.29, 1.82) is 0 Å². The molecule has 1 aromatic carbocycles. The van der Waals surface area contributed by atoms with Crippen molar-refractivity contribution in [3.63, 3.8) is 0 Å². The molecule has 20 heavy (non-hydrogen) atoms. The van der Waals surface area contributed by atoms with Crippen molar-refractivity contribution in [2.75, 3.05) is 6.79 Å². The molecular formula is C17H18O3. The van der Waals surface area contributed by atoms with Crippen LogP contribution in [0.5, 0.6) is 11.5 Å². The van der Waals surface area contributed by atoms with Gasteiger partial charge in [0.1, 0.15) is 11.5 Å². The van der Waals surface area contributed by atoms with Gasteiger partial charge in [-0.15, -0.1) is 0 Å². The van der Waals surface area contributed by atoms with Gasteiger partial charge in [0, 0.05) is 17.5 Å². The fourth-order valence-electron chi connectivity index (χ4n) is 4.07. The summed E-state index contributed by atoms with van der Waals surface area (Å²) in [6, 6.07) is 5.79. The first kappa shape index (κ1) is 12.0. The van der Waals surface area contributed by atoms with E-state index < -0.39 is 0 Å².